The Morgan fingerprint density at radius 2 is 1.56 bits per heavy atom. The van der Waals surface area contributed by atoms with Crippen LogP contribution >= 0.6 is 11.6 Å². The Labute approximate surface area is 236 Å². The highest BCUT2D eigenvalue weighted by atomic mass is 35.5. The van der Waals surface area contributed by atoms with Gasteiger partial charge < -0.3 is 10.2 Å². The summed E-state index contributed by atoms with van der Waals surface area (Å²) >= 11 is 6.36. The van der Waals surface area contributed by atoms with Gasteiger partial charge in [-0.05, 0) is 69.0 Å². The molecule has 0 spiro atoms. The molecule has 0 aliphatic rings. The van der Waals surface area contributed by atoms with E-state index in [0.717, 1.165) is 15.4 Å². The first kappa shape index (κ1) is 30.2. The number of sulfonamides is 1. The molecule has 3 aromatic carbocycles. The van der Waals surface area contributed by atoms with E-state index < -0.39 is 28.5 Å². The Balaban J connectivity index is 2.02. The SMILES string of the molecule is CCC(C(=O)NC(C)C)N(CCc1ccccc1)C(=O)CN(c1ccc(C)c(Cl)c1)S(=O)(=O)c1ccccc1. The van der Waals surface area contributed by atoms with Crippen LogP contribution in [0.1, 0.15) is 38.3 Å². The molecule has 208 valence electrons. The van der Waals surface area contributed by atoms with Crippen molar-refractivity contribution in [2.75, 3.05) is 17.4 Å². The summed E-state index contributed by atoms with van der Waals surface area (Å²) in [6, 6.07) is 21.6. The topological polar surface area (TPSA) is 86.8 Å². The van der Waals surface area contributed by atoms with E-state index in [1.54, 1.807) is 36.4 Å². The summed E-state index contributed by atoms with van der Waals surface area (Å²) in [5.41, 5.74) is 2.06. The molecule has 0 heterocycles. The van der Waals surface area contributed by atoms with Gasteiger partial charge in [0.2, 0.25) is 11.8 Å². The van der Waals surface area contributed by atoms with Crippen LogP contribution in [0.4, 0.5) is 5.69 Å². The number of carbonyl (C=O) groups is 2. The summed E-state index contributed by atoms with van der Waals surface area (Å²) in [7, 11) is -4.12. The number of nitrogens with one attached hydrogen (secondary N) is 1. The average Bonchev–Trinajstić information content (AvgIpc) is 2.91. The zero-order chi connectivity index (χ0) is 28.6. The van der Waals surface area contributed by atoms with Gasteiger partial charge in [-0.3, -0.25) is 13.9 Å². The summed E-state index contributed by atoms with van der Waals surface area (Å²) in [4.78, 5) is 28.7. The van der Waals surface area contributed by atoms with Gasteiger partial charge in [0.1, 0.15) is 12.6 Å². The van der Waals surface area contributed by atoms with Crippen molar-refractivity contribution in [2.24, 2.45) is 0 Å². The van der Waals surface area contributed by atoms with Crippen LogP contribution in [0, 0.1) is 6.92 Å². The van der Waals surface area contributed by atoms with Gasteiger partial charge in [-0.25, -0.2) is 8.42 Å². The van der Waals surface area contributed by atoms with E-state index in [9.17, 15) is 18.0 Å². The fourth-order valence-electron chi connectivity index (χ4n) is 4.26. The van der Waals surface area contributed by atoms with E-state index >= 15 is 0 Å². The van der Waals surface area contributed by atoms with Crippen molar-refractivity contribution in [3.05, 3.63) is 95.0 Å². The number of anilines is 1. The highest BCUT2D eigenvalue weighted by molar-refractivity contribution is 7.92. The fourth-order valence-corrected chi connectivity index (χ4v) is 5.86. The summed E-state index contributed by atoms with van der Waals surface area (Å²) in [5.74, 6) is -0.752. The van der Waals surface area contributed by atoms with Gasteiger partial charge in [0.05, 0.1) is 10.6 Å². The highest BCUT2D eigenvalue weighted by Gasteiger charge is 2.33. The van der Waals surface area contributed by atoms with Crippen molar-refractivity contribution in [3.63, 3.8) is 0 Å². The van der Waals surface area contributed by atoms with Gasteiger partial charge in [0, 0.05) is 17.6 Å². The summed E-state index contributed by atoms with van der Waals surface area (Å²) in [5, 5.41) is 3.29. The van der Waals surface area contributed by atoms with Crippen LogP contribution in [0.15, 0.2) is 83.8 Å². The van der Waals surface area contributed by atoms with Crippen molar-refractivity contribution >= 4 is 39.1 Å². The lowest BCUT2D eigenvalue weighted by molar-refractivity contribution is -0.139. The molecule has 0 radical (unpaired) electrons. The molecule has 1 atom stereocenters. The minimum absolute atomic E-state index is 0.0509. The second kappa shape index (κ2) is 13.6. The maximum absolute atomic E-state index is 14.0. The molecule has 2 amide bonds. The minimum Gasteiger partial charge on any atom is -0.352 e. The predicted octanol–water partition coefficient (Wildman–Crippen LogP) is 5.22. The van der Waals surface area contributed by atoms with E-state index in [-0.39, 0.29) is 29.1 Å². The predicted molar refractivity (Wildman–Crippen MR) is 156 cm³/mol. The largest absolute Gasteiger partial charge is 0.352 e. The minimum atomic E-state index is -4.12. The Bertz CT molecular complexity index is 1370. The molecule has 0 bridgehead atoms. The monoisotopic (exact) mass is 569 g/mol. The van der Waals surface area contributed by atoms with E-state index in [1.807, 2.05) is 58.0 Å². The first-order chi connectivity index (χ1) is 18.5. The number of hydrogen-bond donors (Lipinski definition) is 1. The summed E-state index contributed by atoms with van der Waals surface area (Å²) in [6.07, 6.45) is 0.890. The Morgan fingerprint density at radius 1 is 0.949 bits per heavy atom. The van der Waals surface area contributed by atoms with Gasteiger partial charge in [-0.1, -0.05) is 73.1 Å². The normalized spacial score (nSPS) is 12.2. The molecule has 39 heavy (non-hydrogen) atoms. The number of benzene rings is 3. The van der Waals surface area contributed by atoms with E-state index in [2.05, 4.69) is 5.32 Å². The maximum atomic E-state index is 14.0. The molecule has 1 unspecified atom stereocenters. The lowest BCUT2D eigenvalue weighted by Crippen LogP contribution is -2.54. The first-order valence-electron chi connectivity index (χ1n) is 13.0. The van der Waals surface area contributed by atoms with Crippen LogP contribution in [0.2, 0.25) is 5.02 Å². The number of rotatable bonds is 12. The van der Waals surface area contributed by atoms with Gasteiger partial charge in [-0.2, -0.15) is 0 Å². The van der Waals surface area contributed by atoms with Crippen LogP contribution in [0.3, 0.4) is 0 Å². The number of halogens is 1. The van der Waals surface area contributed by atoms with Crippen molar-refractivity contribution in [3.8, 4) is 0 Å². The van der Waals surface area contributed by atoms with E-state index in [1.165, 1.54) is 17.0 Å². The third-order valence-corrected chi connectivity index (χ3v) is 8.55. The second-order valence-corrected chi connectivity index (χ2v) is 11.9. The lowest BCUT2D eigenvalue weighted by atomic mass is 10.1. The smallest absolute Gasteiger partial charge is 0.264 e. The molecular weight excluding hydrogens is 534 g/mol. The van der Waals surface area contributed by atoms with E-state index in [4.69, 9.17) is 11.6 Å². The van der Waals surface area contributed by atoms with Gasteiger partial charge in [0.25, 0.3) is 10.0 Å². The third kappa shape index (κ3) is 7.83. The van der Waals surface area contributed by atoms with Gasteiger partial charge in [0.15, 0.2) is 0 Å². The van der Waals surface area contributed by atoms with E-state index in [0.29, 0.717) is 17.9 Å². The van der Waals surface area contributed by atoms with Crippen molar-refractivity contribution in [2.45, 2.75) is 57.5 Å². The quantitative estimate of drug-likeness (QED) is 0.324. The maximum Gasteiger partial charge on any atom is 0.264 e. The Kier molecular flexibility index (Phi) is 10.5. The number of carbonyl (C=O) groups excluding carboxylic acids is 2. The zero-order valence-electron chi connectivity index (χ0n) is 22.8. The number of hydrogen-bond acceptors (Lipinski definition) is 4. The van der Waals surface area contributed by atoms with Crippen LogP contribution in [-0.2, 0) is 26.0 Å². The van der Waals surface area contributed by atoms with Gasteiger partial charge >= 0.3 is 0 Å². The molecule has 3 aromatic rings. The molecule has 0 fully saturated rings. The van der Waals surface area contributed by atoms with Crippen molar-refractivity contribution < 1.29 is 18.0 Å². The molecular formula is C30H36ClN3O4S. The Morgan fingerprint density at radius 3 is 2.13 bits per heavy atom. The molecule has 0 aliphatic carbocycles. The van der Waals surface area contributed by atoms with Crippen LogP contribution < -0.4 is 9.62 Å². The molecule has 3 rings (SSSR count). The van der Waals surface area contributed by atoms with Crippen molar-refractivity contribution in [1.82, 2.24) is 10.2 Å². The third-order valence-electron chi connectivity index (χ3n) is 6.35. The average molecular weight is 570 g/mol. The second-order valence-electron chi connectivity index (χ2n) is 9.67. The standard InChI is InChI=1S/C30H36ClN3O4S/c1-5-28(30(36)32-22(2)3)33(19-18-24-12-8-6-9-13-24)29(35)21-34(25-17-16-23(4)27(31)20-25)39(37,38)26-14-10-7-11-15-26/h6-17,20,22,28H,5,18-19,21H2,1-4H3,(H,32,36). The molecule has 0 saturated carbocycles. The molecule has 1 N–H and O–H groups in total. The lowest BCUT2D eigenvalue weighted by Gasteiger charge is -2.33. The zero-order valence-corrected chi connectivity index (χ0v) is 24.4. The first-order valence-corrected chi connectivity index (χ1v) is 14.8. The molecule has 0 aromatic heterocycles. The number of nitrogens with zero attached hydrogens (tertiary/aromatic N) is 2. The number of aryl methyl sites for hydroxylation is 1. The van der Waals surface area contributed by atoms with Crippen LogP contribution in [-0.4, -0.2) is 50.3 Å². The van der Waals surface area contributed by atoms with Gasteiger partial charge in [-0.15, -0.1) is 0 Å². The van der Waals surface area contributed by atoms with Crippen molar-refractivity contribution in [1.29, 1.82) is 0 Å². The summed E-state index contributed by atoms with van der Waals surface area (Å²) < 4.78 is 28.7. The van der Waals surface area contributed by atoms with Crippen LogP contribution in [0.25, 0.3) is 0 Å². The summed E-state index contributed by atoms with van der Waals surface area (Å²) in [6.45, 7) is 7.13. The molecule has 7 nitrogen and oxygen atoms in total. The molecule has 0 saturated heterocycles. The highest BCUT2D eigenvalue weighted by Crippen LogP contribution is 2.28. The fraction of sp³-hybridized carbons (Fsp3) is 0.333. The Hall–Kier alpha value is -3.36. The number of amides is 2. The van der Waals surface area contributed by atoms with Crippen LogP contribution in [0.5, 0.6) is 0 Å². The molecule has 0 aliphatic heterocycles. The molecule has 9 heteroatoms.